The fourth-order valence-electron chi connectivity index (χ4n) is 3.85. The fourth-order valence-corrected chi connectivity index (χ4v) is 3.85. The smallest absolute Gasteiger partial charge is 0.254 e. The Morgan fingerprint density at radius 2 is 1.91 bits per heavy atom. The number of hydrogen-bond acceptors (Lipinski definition) is 4. The summed E-state index contributed by atoms with van der Waals surface area (Å²) >= 11 is 0. The van der Waals surface area contributed by atoms with Crippen molar-refractivity contribution in [2.45, 2.75) is 6.54 Å². The average Bonchev–Trinajstić information content (AvgIpc) is 3.33. The number of aromatic amines is 1. The topological polar surface area (TPSA) is 87.3 Å². The molecule has 0 aliphatic heterocycles. The molecule has 4 aromatic rings. The van der Waals surface area contributed by atoms with Gasteiger partial charge in [0.1, 0.15) is 17.4 Å². The minimum Gasteiger partial charge on any atom is -0.496 e. The second-order valence-electron chi connectivity index (χ2n) is 7.72. The zero-order valence-corrected chi connectivity index (χ0v) is 18.8. The van der Waals surface area contributed by atoms with Crippen molar-refractivity contribution in [3.05, 3.63) is 83.1 Å². The van der Waals surface area contributed by atoms with Gasteiger partial charge in [-0.05, 0) is 35.4 Å². The molecule has 34 heavy (non-hydrogen) atoms. The third-order valence-electron chi connectivity index (χ3n) is 5.56. The number of methoxy groups -OCH3 is 1. The van der Waals surface area contributed by atoms with Gasteiger partial charge in [-0.25, -0.2) is 8.78 Å². The van der Waals surface area contributed by atoms with Crippen LogP contribution >= 0.6 is 0 Å². The molecule has 174 valence electrons. The quantitative estimate of drug-likeness (QED) is 0.449. The van der Waals surface area contributed by atoms with Crippen molar-refractivity contribution >= 4 is 22.7 Å². The van der Waals surface area contributed by atoms with Crippen LogP contribution in [0.3, 0.4) is 0 Å². The van der Waals surface area contributed by atoms with E-state index in [4.69, 9.17) is 4.74 Å². The standard InChI is InChI=1S/C25H22F2N4O3/c1-28-24(32)18-9-14(7-8-19(18)26)22-20(27)10-17(11-21(22)34-3)25(33)31(2)13-16-6-4-5-15-12-29-30-23(15)16/h4-12H,13H2,1-3H3,(H,28,32)(H,29,30). The van der Waals surface area contributed by atoms with Crippen molar-refractivity contribution in [2.75, 3.05) is 21.2 Å². The van der Waals surface area contributed by atoms with Gasteiger partial charge in [0.05, 0.1) is 30.0 Å². The van der Waals surface area contributed by atoms with Gasteiger partial charge in [-0.2, -0.15) is 5.10 Å². The van der Waals surface area contributed by atoms with Gasteiger partial charge in [-0.15, -0.1) is 0 Å². The molecule has 4 rings (SSSR count). The maximum Gasteiger partial charge on any atom is 0.254 e. The zero-order chi connectivity index (χ0) is 24.4. The van der Waals surface area contributed by atoms with Crippen LogP contribution in [0.15, 0.2) is 54.7 Å². The SMILES string of the molecule is CNC(=O)c1cc(-c2c(F)cc(C(=O)N(C)Cc3cccc4cn[nH]c34)cc2OC)ccc1F. The molecule has 0 fully saturated rings. The lowest BCUT2D eigenvalue weighted by molar-refractivity contribution is 0.0784. The normalized spacial score (nSPS) is 10.9. The summed E-state index contributed by atoms with van der Waals surface area (Å²) in [6.45, 7) is 0.275. The Balaban J connectivity index is 1.67. The molecule has 0 atom stereocenters. The van der Waals surface area contributed by atoms with E-state index in [9.17, 15) is 14.0 Å². The molecule has 9 heteroatoms. The molecule has 7 nitrogen and oxygen atoms in total. The van der Waals surface area contributed by atoms with Gasteiger partial charge in [0.25, 0.3) is 11.8 Å². The first-order valence-corrected chi connectivity index (χ1v) is 10.4. The summed E-state index contributed by atoms with van der Waals surface area (Å²) in [5, 5.41) is 10.2. The van der Waals surface area contributed by atoms with Crippen LogP contribution in [0.1, 0.15) is 26.3 Å². The van der Waals surface area contributed by atoms with Crippen molar-refractivity contribution in [2.24, 2.45) is 0 Å². The summed E-state index contributed by atoms with van der Waals surface area (Å²) in [6, 6.07) is 11.9. The van der Waals surface area contributed by atoms with Crippen LogP contribution in [0.4, 0.5) is 8.78 Å². The highest BCUT2D eigenvalue weighted by atomic mass is 19.1. The van der Waals surface area contributed by atoms with Gasteiger partial charge in [0.2, 0.25) is 0 Å². The van der Waals surface area contributed by atoms with Crippen LogP contribution in [0.2, 0.25) is 0 Å². The summed E-state index contributed by atoms with van der Waals surface area (Å²) in [6.07, 6.45) is 1.70. The number of aromatic nitrogens is 2. The summed E-state index contributed by atoms with van der Waals surface area (Å²) in [4.78, 5) is 26.5. The Morgan fingerprint density at radius 3 is 2.65 bits per heavy atom. The van der Waals surface area contributed by atoms with Gasteiger partial charge in [-0.1, -0.05) is 24.3 Å². The van der Waals surface area contributed by atoms with Crippen LogP contribution in [-0.4, -0.2) is 48.1 Å². The highest BCUT2D eigenvalue weighted by molar-refractivity contribution is 5.97. The van der Waals surface area contributed by atoms with Crippen molar-refractivity contribution in [3.8, 4) is 16.9 Å². The first kappa shape index (κ1) is 22.9. The number of nitrogens with zero attached hydrogens (tertiary/aromatic N) is 2. The first-order valence-electron chi connectivity index (χ1n) is 10.4. The molecule has 0 bridgehead atoms. The largest absolute Gasteiger partial charge is 0.496 e. The van der Waals surface area contributed by atoms with Crippen LogP contribution in [-0.2, 0) is 6.54 Å². The highest BCUT2D eigenvalue weighted by Gasteiger charge is 2.22. The second-order valence-corrected chi connectivity index (χ2v) is 7.72. The minimum atomic E-state index is -0.735. The fraction of sp³-hybridized carbons (Fsp3) is 0.160. The number of amides is 2. The monoisotopic (exact) mass is 464 g/mol. The number of fused-ring (bicyclic) bond motifs is 1. The Labute approximate surface area is 194 Å². The molecular formula is C25H22F2N4O3. The number of carbonyl (C=O) groups is 2. The molecule has 0 radical (unpaired) electrons. The number of hydrogen-bond donors (Lipinski definition) is 2. The minimum absolute atomic E-state index is 0.0223. The summed E-state index contributed by atoms with van der Waals surface area (Å²) < 4.78 is 34.7. The number of para-hydroxylation sites is 1. The van der Waals surface area contributed by atoms with Crippen molar-refractivity contribution in [3.63, 3.8) is 0 Å². The van der Waals surface area contributed by atoms with E-state index in [2.05, 4.69) is 15.5 Å². The predicted octanol–water partition coefficient (Wildman–Crippen LogP) is 4.15. The Kier molecular flexibility index (Phi) is 6.27. The number of carbonyl (C=O) groups excluding carboxylic acids is 2. The van der Waals surface area contributed by atoms with Gasteiger partial charge in [0, 0.05) is 31.6 Å². The third-order valence-corrected chi connectivity index (χ3v) is 5.56. The molecule has 0 aliphatic rings. The number of ether oxygens (including phenoxy) is 1. The average molecular weight is 464 g/mol. The van der Waals surface area contributed by atoms with E-state index >= 15 is 4.39 Å². The maximum absolute atomic E-state index is 15.3. The van der Waals surface area contributed by atoms with Crippen molar-refractivity contribution < 1.29 is 23.1 Å². The zero-order valence-electron chi connectivity index (χ0n) is 18.8. The van der Waals surface area contributed by atoms with E-state index in [0.29, 0.717) is 0 Å². The molecule has 1 aromatic heterocycles. The van der Waals surface area contributed by atoms with E-state index in [1.54, 1.807) is 13.2 Å². The lowest BCUT2D eigenvalue weighted by atomic mass is 9.98. The number of nitrogens with one attached hydrogen (secondary N) is 2. The van der Waals surface area contributed by atoms with E-state index in [1.807, 2.05) is 18.2 Å². The van der Waals surface area contributed by atoms with Crippen molar-refractivity contribution in [1.82, 2.24) is 20.4 Å². The van der Waals surface area contributed by atoms with E-state index in [1.165, 1.54) is 37.3 Å². The molecule has 0 aliphatic carbocycles. The Bertz CT molecular complexity index is 1400. The van der Waals surface area contributed by atoms with Gasteiger partial charge >= 0.3 is 0 Å². The van der Waals surface area contributed by atoms with Gasteiger partial charge in [-0.3, -0.25) is 14.7 Å². The second kappa shape index (κ2) is 9.30. The molecule has 0 saturated heterocycles. The van der Waals surface area contributed by atoms with E-state index in [-0.39, 0.29) is 34.5 Å². The summed E-state index contributed by atoms with van der Waals surface area (Å²) in [5.41, 5.74) is 1.81. The summed E-state index contributed by atoms with van der Waals surface area (Å²) in [5.74, 6) is -2.43. The number of benzene rings is 3. The van der Waals surface area contributed by atoms with Crippen molar-refractivity contribution in [1.29, 1.82) is 0 Å². The van der Waals surface area contributed by atoms with Crippen LogP contribution in [0.5, 0.6) is 5.75 Å². The van der Waals surface area contributed by atoms with Gasteiger partial charge < -0.3 is 15.0 Å². The lowest BCUT2D eigenvalue weighted by Crippen LogP contribution is -2.26. The summed E-state index contributed by atoms with van der Waals surface area (Å²) in [7, 11) is 4.34. The molecular weight excluding hydrogens is 442 g/mol. The lowest BCUT2D eigenvalue weighted by Gasteiger charge is -2.19. The van der Waals surface area contributed by atoms with E-state index < -0.39 is 23.4 Å². The highest BCUT2D eigenvalue weighted by Crippen LogP contribution is 2.35. The molecule has 2 N–H and O–H groups in total. The number of H-pyrrole nitrogens is 1. The molecule has 2 amide bonds. The first-order chi connectivity index (χ1) is 16.3. The number of rotatable bonds is 6. The Hall–Kier alpha value is -4.27. The number of halogens is 2. The maximum atomic E-state index is 15.3. The Morgan fingerprint density at radius 1 is 1.12 bits per heavy atom. The predicted molar refractivity (Wildman–Crippen MR) is 124 cm³/mol. The van der Waals surface area contributed by atoms with Crippen LogP contribution in [0.25, 0.3) is 22.0 Å². The van der Waals surface area contributed by atoms with Crippen LogP contribution < -0.4 is 10.1 Å². The molecule has 0 spiro atoms. The van der Waals surface area contributed by atoms with E-state index in [0.717, 1.165) is 28.6 Å². The molecule has 0 unspecified atom stereocenters. The third kappa shape index (κ3) is 4.19. The van der Waals surface area contributed by atoms with Crippen LogP contribution in [0, 0.1) is 11.6 Å². The molecule has 3 aromatic carbocycles. The molecule has 1 heterocycles. The molecule has 0 saturated carbocycles. The van der Waals surface area contributed by atoms with Gasteiger partial charge in [0.15, 0.2) is 0 Å².